The molecule has 1 fully saturated rings. The minimum absolute atomic E-state index is 0.268. The summed E-state index contributed by atoms with van der Waals surface area (Å²) < 4.78 is 7.47. The van der Waals surface area contributed by atoms with E-state index >= 15 is 0 Å². The molecule has 0 unspecified atom stereocenters. The molecule has 7 heteroatoms. The van der Waals surface area contributed by atoms with Crippen molar-refractivity contribution in [2.24, 2.45) is 0 Å². The van der Waals surface area contributed by atoms with Gasteiger partial charge in [-0.15, -0.1) is 0 Å². The normalized spacial score (nSPS) is 18.0. The summed E-state index contributed by atoms with van der Waals surface area (Å²) in [5, 5.41) is 12.3. The Bertz CT molecular complexity index is 663. The van der Waals surface area contributed by atoms with Crippen LogP contribution < -0.4 is 10.6 Å². The SMILES string of the molecule is CC(C)n1ncc2cc(NC(=S)NC[C@H]3CCCO3)cnc21. The lowest BCUT2D eigenvalue weighted by atomic mass is 10.2. The fourth-order valence-corrected chi connectivity index (χ4v) is 2.77. The molecule has 0 aliphatic carbocycles. The van der Waals surface area contributed by atoms with Crippen LogP contribution in [0.1, 0.15) is 32.7 Å². The summed E-state index contributed by atoms with van der Waals surface area (Å²) in [5.41, 5.74) is 1.75. The van der Waals surface area contributed by atoms with Gasteiger partial charge in [0.1, 0.15) is 0 Å². The molecule has 2 aromatic rings. The largest absolute Gasteiger partial charge is 0.376 e. The number of thiocarbonyl (C=S) groups is 1. The molecule has 22 heavy (non-hydrogen) atoms. The molecule has 0 aromatic carbocycles. The quantitative estimate of drug-likeness (QED) is 0.844. The molecule has 0 saturated carbocycles. The van der Waals surface area contributed by atoms with Crippen LogP contribution in [0.4, 0.5) is 5.69 Å². The van der Waals surface area contributed by atoms with Gasteiger partial charge in [0, 0.05) is 24.6 Å². The second-order valence-corrected chi connectivity index (χ2v) is 6.20. The Morgan fingerprint density at radius 3 is 3.09 bits per heavy atom. The van der Waals surface area contributed by atoms with Crippen molar-refractivity contribution >= 4 is 34.1 Å². The number of hydrogen-bond donors (Lipinski definition) is 2. The average molecular weight is 319 g/mol. The molecule has 1 atom stereocenters. The third kappa shape index (κ3) is 3.36. The Labute approximate surface area is 135 Å². The van der Waals surface area contributed by atoms with Crippen molar-refractivity contribution in [2.45, 2.75) is 38.8 Å². The second-order valence-electron chi connectivity index (χ2n) is 5.79. The van der Waals surface area contributed by atoms with E-state index in [0.29, 0.717) is 5.11 Å². The second kappa shape index (κ2) is 6.58. The van der Waals surface area contributed by atoms with Crippen molar-refractivity contribution in [1.29, 1.82) is 0 Å². The van der Waals surface area contributed by atoms with Gasteiger partial charge >= 0.3 is 0 Å². The van der Waals surface area contributed by atoms with Crippen LogP contribution >= 0.6 is 12.2 Å². The Morgan fingerprint density at radius 2 is 2.36 bits per heavy atom. The maximum absolute atomic E-state index is 5.56. The summed E-state index contributed by atoms with van der Waals surface area (Å²) in [6, 6.07) is 2.30. The van der Waals surface area contributed by atoms with Crippen molar-refractivity contribution in [3.63, 3.8) is 0 Å². The minimum Gasteiger partial charge on any atom is -0.376 e. The van der Waals surface area contributed by atoms with Gasteiger partial charge in [0.2, 0.25) is 0 Å². The molecule has 1 aliphatic heterocycles. The maximum Gasteiger partial charge on any atom is 0.170 e. The fraction of sp³-hybridized carbons (Fsp3) is 0.533. The standard InChI is InChI=1S/C15H21N5OS/c1-10(2)20-14-11(7-18-20)6-12(8-16-14)19-15(22)17-9-13-4-3-5-21-13/h6-8,10,13H,3-5,9H2,1-2H3,(H2,17,19,22)/t13-/m1/s1. The average Bonchev–Trinajstić information content (AvgIpc) is 3.14. The van der Waals surface area contributed by atoms with Crippen molar-refractivity contribution in [3.8, 4) is 0 Å². The van der Waals surface area contributed by atoms with Gasteiger partial charge in [-0.2, -0.15) is 5.10 Å². The van der Waals surface area contributed by atoms with Gasteiger partial charge in [-0.1, -0.05) is 0 Å². The zero-order valence-electron chi connectivity index (χ0n) is 12.9. The summed E-state index contributed by atoms with van der Waals surface area (Å²) in [5.74, 6) is 0. The van der Waals surface area contributed by atoms with Gasteiger partial charge in [0.05, 0.1) is 24.2 Å². The smallest absolute Gasteiger partial charge is 0.170 e. The monoisotopic (exact) mass is 319 g/mol. The summed E-state index contributed by atoms with van der Waals surface area (Å²) >= 11 is 5.31. The van der Waals surface area contributed by atoms with E-state index < -0.39 is 0 Å². The molecule has 0 bridgehead atoms. The Kier molecular flexibility index (Phi) is 4.54. The van der Waals surface area contributed by atoms with Crippen LogP contribution in [0.15, 0.2) is 18.5 Å². The highest BCUT2D eigenvalue weighted by molar-refractivity contribution is 7.80. The number of nitrogens with zero attached hydrogens (tertiary/aromatic N) is 3. The lowest BCUT2D eigenvalue weighted by molar-refractivity contribution is 0.114. The molecule has 2 aromatic heterocycles. The van der Waals surface area contributed by atoms with Crippen molar-refractivity contribution in [3.05, 3.63) is 18.5 Å². The van der Waals surface area contributed by atoms with E-state index in [4.69, 9.17) is 17.0 Å². The Morgan fingerprint density at radius 1 is 1.50 bits per heavy atom. The number of hydrogen-bond acceptors (Lipinski definition) is 4. The molecule has 118 valence electrons. The van der Waals surface area contributed by atoms with E-state index in [2.05, 4.69) is 34.6 Å². The highest BCUT2D eigenvalue weighted by Crippen LogP contribution is 2.19. The van der Waals surface area contributed by atoms with Gasteiger partial charge in [-0.25, -0.2) is 9.67 Å². The van der Waals surface area contributed by atoms with Crippen molar-refractivity contribution in [1.82, 2.24) is 20.1 Å². The zero-order valence-corrected chi connectivity index (χ0v) is 13.7. The van der Waals surface area contributed by atoms with Gasteiger partial charge in [0.15, 0.2) is 10.8 Å². The van der Waals surface area contributed by atoms with Crippen molar-refractivity contribution < 1.29 is 4.74 Å². The van der Waals surface area contributed by atoms with E-state index in [1.807, 2.05) is 16.9 Å². The van der Waals surface area contributed by atoms with Crippen molar-refractivity contribution in [2.75, 3.05) is 18.5 Å². The van der Waals surface area contributed by atoms with Crippen LogP contribution in [0.5, 0.6) is 0 Å². The molecule has 1 saturated heterocycles. The zero-order chi connectivity index (χ0) is 15.5. The number of aromatic nitrogens is 3. The lowest BCUT2D eigenvalue weighted by Crippen LogP contribution is -2.34. The summed E-state index contributed by atoms with van der Waals surface area (Å²) in [6.07, 6.45) is 6.11. The minimum atomic E-state index is 0.268. The summed E-state index contributed by atoms with van der Waals surface area (Å²) in [7, 11) is 0. The number of pyridine rings is 1. The number of fused-ring (bicyclic) bond motifs is 1. The third-order valence-electron chi connectivity index (χ3n) is 3.69. The van der Waals surface area contributed by atoms with E-state index in [1.54, 1.807) is 6.20 Å². The highest BCUT2D eigenvalue weighted by Gasteiger charge is 2.15. The first-order valence-electron chi connectivity index (χ1n) is 7.63. The van der Waals surface area contributed by atoms with Crippen LogP contribution in [0.25, 0.3) is 11.0 Å². The third-order valence-corrected chi connectivity index (χ3v) is 3.94. The molecule has 2 N–H and O–H groups in total. The van der Waals surface area contributed by atoms with Gasteiger partial charge in [-0.05, 0) is 45.0 Å². The van der Waals surface area contributed by atoms with Crippen LogP contribution in [-0.2, 0) is 4.74 Å². The maximum atomic E-state index is 5.56. The van der Waals surface area contributed by atoms with Crippen LogP contribution in [0, 0.1) is 0 Å². The molecular weight excluding hydrogens is 298 g/mol. The molecule has 3 rings (SSSR count). The predicted octanol–water partition coefficient (Wildman–Crippen LogP) is 2.48. The van der Waals surface area contributed by atoms with Crippen LogP contribution in [-0.4, -0.2) is 39.1 Å². The van der Waals surface area contributed by atoms with Gasteiger partial charge in [0.25, 0.3) is 0 Å². The first-order chi connectivity index (χ1) is 10.6. The first kappa shape index (κ1) is 15.2. The lowest BCUT2D eigenvalue weighted by Gasteiger charge is -2.14. The fourth-order valence-electron chi connectivity index (χ4n) is 2.57. The van der Waals surface area contributed by atoms with E-state index in [-0.39, 0.29) is 12.1 Å². The Hall–Kier alpha value is -1.73. The molecule has 0 amide bonds. The molecule has 1 aliphatic rings. The number of nitrogens with one attached hydrogen (secondary N) is 2. The molecule has 6 nitrogen and oxygen atoms in total. The van der Waals surface area contributed by atoms with Gasteiger partial charge < -0.3 is 15.4 Å². The highest BCUT2D eigenvalue weighted by atomic mass is 32.1. The van der Waals surface area contributed by atoms with Crippen LogP contribution in [0.3, 0.4) is 0 Å². The number of anilines is 1. The van der Waals surface area contributed by atoms with E-state index in [1.165, 1.54) is 0 Å². The molecule has 0 spiro atoms. The number of ether oxygens (including phenoxy) is 1. The number of rotatable bonds is 4. The molecule has 0 radical (unpaired) electrons. The van der Waals surface area contributed by atoms with E-state index in [0.717, 1.165) is 42.7 Å². The molecular formula is C15H21N5OS. The van der Waals surface area contributed by atoms with Crippen LogP contribution in [0.2, 0.25) is 0 Å². The summed E-state index contributed by atoms with van der Waals surface area (Å²) in [4.78, 5) is 4.48. The topological polar surface area (TPSA) is 64.0 Å². The first-order valence-corrected chi connectivity index (χ1v) is 8.04. The van der Waals surface area contributed by atoms with E-state index in [9.17, 15) is 0 Å². The predicted molar refractivity (Wildman–Crippen MR) is 91.1 cm³/mol. The Balaban J connectivity index is 1.62. The summed E-state index contributed by atoms with van der Waals surface area (Å²) in [6.45, 7) is 5.77. The van der Waals surface area contributed by atoms with Gasteiger partial charge in [-0.3, -0.25) is 0 Å². The molecule has 3 heterocycles.